The first-order chi connectivity index (χ1) is 8.60. The van der Waals surface area contributed by atoms with E-state index in [1.807, 2.05) is 13.8 Å². The molecule has 0 aromatic carbocycles. The van der Waals surface area contributed by atoms with Gasteiger partial charge < -0.3 is 15.8 Å². The first-order valence-electron chi connectivity index (χ1n) is 6.08. The zero-order valence-electron chi connectivity index (χ0n) is 11.3. The van der Waals surface area contributed by atoms with Crippen LogP contribution < -0.4 is 11.1 Å². The van der Waals surface area contributed by atoms with Crippen LogP contribution in [0.4, 0.5) is 0 Å². The third-order valence-corrected chi connectivity index (χ3v) is 2.88. The van der Waals surface area contributed by atoms with E-state index >= 15 is 0 Å². The van der Waals surface area contributed by atoms with Gasteiger partial charge in [0.05, 0.1) is 5.69 Å². The summed E-state index contributed by atoms with van der Waals surface area (Å²) in [4.78, 5) is 11.7. The Balaban J connectivity index is 2.49. The monoisotopic (exact) mass is 254 g/mol. The molecule has 1 aromatic rings. The summed E-state index contributed by atoms with van der Waals surface area (Å²) in [5, 5.41) is 7.15. The van der Waals surface area contributed by atoms with Crippen molar-refractivity contribution in [1.82, 2.24) is 15.1 Å². The molecule has 3 N–H and O–H groups in total. The predicted octanol–water partition coefficient (Wildman–Crippen LogP) is 0.111. The van der Waals surface area contributed by atoms with Crippen molar-refractivity contribution in [3.8, 4) is 0 Å². The molecule has 0 saturated heterocycles. The second kappa shape index (κ2) is 7.13. The molecule has 6 heteroatoms. The number of aryl methyl sites for hydroxylation is 1. The van der Waals surface area contributed by atoms with E-state index in [0.29, 0.717) is 19.7 Å². The molecule has 0 bridgehead atoms. The van der Waals surface area contributed by atoms with Crippen molar-refractivity contribution < 1.29 is 9.53 Å². The molecule has 18 heavy (non-hydrogen) atoms. The molecule has 0 unspecified atom stereocenters. The number of amides is 1. The van der Waals surface area contributed by atoms with Gasteiger partial charge in [-0.2, -0.15) is 5.10 Å². The second-order valence-corrected chi connectivity index (χ2v) is 4.21. The number of carbonyl (C=O) groups is 1. The molecule has 6 nitrogen and oxygen atoms in total. The van der Waals surface area contributed by atoms with Crippen molar-refractivity contribution >= 4 is 5.91 Å². The van der Waals surface area contributed by atoms with Crippen molar-refractivity contribution in [3.05, 3.63) is 17.0 Å². The Bertz CT molecular complexity index is 401. The van der Waals surface area contributed by atoms with E-state index < -0.39 is 0 Å². The quantitative estimate of drug-likeness (QED) is 0.677. The van der Waals surface area contributed by atoms with Crippen LogP contribution in [-0.4, -0.2) is 35.9 Å². The van der Waals surface area contributed by atoms with Crippen LogP contribution in [0.2, 0.25) is 0 Å². The van der Waals surface area contributed by atoms with Crippen LogP contribution >= 0.6 is 0 Å². The number of hydrogen-bond acceptors (Lipinski definition) is 4. The van der Waals surface area contributed by atoms with Gasteiger partial charge in [-0.15, -0.1) is 0 Å². The van der Waals surface area contributed by atoms with Crippen LogP contribution in [0.15, 0.2) is 0 Å². The third kappa shape index (κ3) is 3.82. The molecule has 0 atom stereocenters. The lowest BCUT2D eigenvalue weighted by Gasteiger charge is -2.06. The van der Waals surface area contributed by atoms with Gasteiger partial charge in [0.2, 0.25) is 5.91 Å². The van der Waals surface area contributed by atoms with Gasteiger partial charge in [-0.05, 0) is 20.3 Å². The smallest absolute Gasteiger partial charge is 0.241 e. The number of nitrogens with two attached hydrogens (primary N) is 1. The number of methoxy groups -OCH3 is 1. The summed E-state index contributed by atoms with van der Waals surface area (Å²) in [7, 11) is 1.64. The fourth-order valence-corrected chi connectivity index (χ4v) is 1.82. The molecule has 0 aliphatic heterocycles. The molecule has 0 radical (unpaired) electrons. The van der Waals surface area contributed by atoms with Crippen LogP contribution in [0.1, 0.15) is 23.4 Å². The molecule has 1 amide bonds. The fraction of sp³-hybridized carbons (Fsp3) is 0.667. The first-order valence-corrected chi connectivity index (χ1v) is 6.08. The summed E-state index contributed by atoms with van der Waals surface area (Å²) in [6.07, 6.45) is 0.813. The molecule has 0 aliphatic carbocycles. The number of nitrogens with one attached hydrogen (secondary N) is 1. The average Bonchev–Trinajstić information content (AvgIpc) is 2.60. The van der Waals surface area contributed by atoms with Gasteiger partial charge >= 0.3 is 0 Å². The second-order valence-electron chi connectivity index (χ2n) is 4.21. The lowest BCUT2D eigenvalue weighted by Crippen LogP contribution is -2.29. The number of ether oxygens (including phenoxy) is 1. The maximum absolute atomic E-state index is 11.7. The Labute approximate surface area is 107 Å². The van der Waals surface area contributed by atoms with E-state index in [-0.39, 0.29) is 12.5 Å². The van der Waals surface area contributed by atoms with E-state index in [1.54, 1.807) is 11.8 Å². The Morgan fingerprint density at radius 3 is 2.78 bits per heavy atom. The minimum Gasteiger partial charge on any atom is -0.385 e. The highest BCUT2D eigenvalue weighted by molar-refractivity contribution is 5.75. The highest BCUT2D eigenvalue weighted by atomic mass is 16.5. The number of carbonyl (C=O) groups excluding carboxylic acids is 1. The van der Waals surface area contributed by atoms with Crippen LogP contribution in [-0.2, 0) is 22.6 Å². The molecule has 0 aliphatic rings. The predicted molar refractivity (Wildman–Crippen MR) is 69.1 cm³/mol. The third-order valence-electron chi connectivity index (χ3n) is 2.88. The molecule has 0 spiro atoms. The van der Waals surface area contributed by atoms with E-state index in [9.17, 15) is 4.79 Å². The number of rotatable bonds is 7. The topological polar surface area (TPSA) is 82.2 Å². The van der Waals surface area contributed by atoms with E-state index in [4.69, 9.17) is 10.5 Å². The van der Waals surface area contributed by atoms with Crippen LogP contribution in [0.3, 0.4) is 0 Å². The minimum atomic E-state index is -0.0414. The van der Waals surface area contributed by atoms with Crippen LogP contribution in [0, 0.1) is 13.8 Å². The average molecular weight is 254 g/mol. The Morgan fingerprint density at radius 2 is 2.22 bits per heavy atom. The molecular weight excluding hydrogens is 232 g/mol. The van der Waals surface area contributed by atoms with Crippen LogP contribution in [0.5, 0.6) is 0 Å². The molecular formula is C12H22N4O2. The zero-order chi connectivity index (χ0) is 13.5. The fourth-order valence-electron chi connectivity index (χ4n) is 1.82. The van der Waals surface area contributed by atoms with Gasteiger partial charge in [-0.3, -0.25) is 9.48 Å². The van der Waals surface area contributed by atoms with Gasteiger partial charge in [-0.25, -0.2) is 0 Å². The Morgan fingerprint density at radius 1 is 1.50 bits per heavy atom. The number of hydrogen-bond donors (Lipinski definition) is 2. The van der Waals surface area contributed by atoms with Crippen molar-refractivity contribution in [3.63, 3.8) is 0 Å². The summed E-state index contributed by atoms with van der Waals surface area (Å²) in [6.45, 7) is 5.79. The summed E-state index contributed by atoms with van der Waals surface area (Å²) in [6, 6.07) is 0. The summed E-state index contributed by atoms with van der Waals surface area (Å²) in [5.41, 5.74) is 8.51. The summed E-state index contributed by atoms with van der Waals surface area (Å²) >= 11 is 0. The van der Waals surface area contributed by atoms with E-state index in [2.05, 4.69) is 10.4 Å². The van der Waals surface area contributed by atoms with Gasteiger partial charge in [-0.1, -0.05) is 0 Å². The maximum Gasteiger partial charge on any atom is 0.241 e. The van der Waals surface area contributed by atoms with Gasteiger partial charge in [0.15, 0.2) is 0 Å². The van der Waals surface area contributed by atoms with Crippen molar-refractivity contribution in [1.29, 1.82) is 0 Å². The summed E-state index contributed by atoms with van der Waals surface area (Å²) < 4.78 is 6.61. The Kier molecular flexibility index (Phi) is 5.80. The number of nitrogens with zero attached hydrogens (tertiary/aromatic N) is 2. The molecule has 1 heterocycles. The highest BCUT2D eigenvalue weighted by Crippen LogP contribution is 2.11. The standard InChI is InChI=1S/C12H22N4O2/c1-9-11(7-13)10(2)16(15-9)8-12(17)14-5-4-6-18-3/h4-8,13H2,1-3H3,(H,14,17). The molecule has 1 aromatic heterocycles. The zero-order valence-corrected chi connectivity index (χ0v) is 11.3. The molecule has 1 rings (SSSR count). The van der Waals surface area contributed by atoms with E-state index in [1.165, 1.54) is 0 Å². The Hall–Kier alpha value is -1.40. The highest BCUT2D eigenvalue weighted by Gasteiger charge is 2.12. The van der Waals surface area contributed by atoms with Crippen molar-refractivity contribution in [2.75, 3.05) is 20.3 Å². The van der Waals surface area contributed by atoms with Crippen LogP contribution in [0.25, 0.3) is 0 Å². The normalized spacial score (nSPS) is 10.7. The van der Waals surface area contributed by atoms with Crippen molar-refractivity contribution in [2.45, 2.75) is 33.4 Å². The number of aromatic nitrogens is 2. The minimum absolute atomic E-state index is 0.0414. The summed E-state index contributed by atoms with van der Waals surface area (Å²) in [5.74, 6) is -0.0414. The lowest BCUT2D eigenvalue weighted by molar-refractivity contribution is -0.121. The van der Waals surface area contributed by atoms with Crippen molar-refractivity contribution in [2.24, 2.45) is 5.73 Å². The molecule has 0 fully saturated rings. The molecule has 0 saturated carbocycles. The lowest BCUT2D eigenvalue weighted by atomic mass is 10.2. The SMILES string of the molecule is COCCCNC(=O)Cn1nc(C)c(CN)c1C. The molecule has 102 valence electrons. The van der Waals surface area contributed by atoms with Gasteiger partial charge in [0, 0.05) is 38.1 Å². The largest absolute Gasteiger partial charge is 0.385 e. The first kappa shape index (κ1) is 14.7. The van der Waals surface area contributed by atoms with Gasteiger partial charge in [0.25, 0.3) is 0 Å². The van der Waals surface area contributed by atoms with E-state index in [0.717, 1.165) is 23.4 Å². The van der Waals surface area contributed by atoms with Gasteiger partial charge in [0.1, 0.15) is 6.54 Å². The maximum atomic E-state index is 11.7.